The van der Waals surface area contributed by atoms with E-state index < -0.39 is 0 Å². The summed E-state index contributed by atoms with van der Waals surface area (Å²) in [6.07, 6.45) is 3.39. The lowest BCUT2D eigenvalue weighted by atomic mass is 9.81. The summed E-state index contributed by atoms with van der Waals surface area (Å²) < 4.78 is 11.8. The molecule has 0 amide bonds. The van der Waals surface area contributed by atoms with Gasteiger partial charge in [-0.3, -0.25) is 0 Å². The first-order valence-electron chi connectivity index (χ1n) is 7.95. The van der Waals surface area contributed by atoms with Gasteiger partial charge in [-0.15, -0.1) is 0 Å². The van der Waals surface area contributed by atoms with E-state index in [-0.39, 0.29) is 5.60 Å². The van der Waals surface area contributed by atoms with Gasteiger partial charge in [0.15, 0.2) is 0 Å². The molecule has 4 nitrogen and oxygen atoms in total. The van der Waals surface area contributed by atoms with Gasteiger partial charge >= 0.3 is 0 Å². The Morgan fingerprint density at radius 3 is 3.05 bits per heavy atom. The molecule has 116 valence electrons. The van der Waals surface area contributed by atoms with Gasteiger partial charge < -0.3 is 19.7 Å². The van der Waals surface area contributed by atoms with Crippen LogP contribution in [-0.2, 0) is 0 Å². The number of likely N-dealkylation sites (tertiary alicyclic amines) is 1. The molecule has 2 atom stereocenters. The zero-order valence-corrected chi connectivity index (χ0v) is 13.3. The van der Waals surface area contributed by atoms with Crippen molar-refractivity contribution in [3.63, 3.8) is 0 Å². The molecule has 3 rings (SSSR count). The van der Waals surface area contributed by atoms with Gasteiger partial charge in [-0.1, -0.05) is 6.92 Å². The van der Waals surface area contributed by atoms with Crippen molar-refractivity contribution in [2.75, 3.05) is 33.8 Å². The van der Waals surface area contributed by atoms with Gasteiger partial charge in [0.25, 0.3) is 0 Å². The van der Waals surface area contributed by atoms with E-state index in [2.05, 4.69) is 36.3 Å². The Labute approximate surface area is 127 Å². The van der Waals surface area contributed by atoms with Gasteiger partial charge in [0.05, 0.1) is 7.11 Å². The minimum absolute atomic E-state index is 0.0403. The fourth-order valence-corrected chi connectivity index (χ4v) is 3.78. The van der Waals surface area contributed by atoms with Gasteiger partial charge in [0.2, 0.25) is 0 Å². The van der Waals surface area contributed by atoms with Crippen LogP contribution in [-0.4, -0.2) is 44.3 Å². The van der Waals surface area contributed by atoms with E-state index in [1.54, 1.807) is 7.11 Å². The van der Waals surface area contributed by atoms with Crippen molar-refractivity contribution in [1.82, 2.24) is 10.2 Å². The molecule has 1 aromatic carbocycles. The Bertz CT molecular complexity index is 506. The number of hydrogen-bond donors (Lipinski definition) is 1. The van der Waals surface area contributed by atoms with E-state index in [1.165, 1.54) is 18.5 Å². The highest BCUT2D eigenvalue weighted by Crippen LogP contribution is 2.44. The standard InChI is InChI=1S/C17H26N2O2/c1-4-18-15-11-17(8-5-9-19(2)12-17)21-16-7-6-13(20-3)10-14(15)16/h6-7,10,15,18H,4-5,8-9,11-12H2,1-3H3. The average Bonchev–Trinajstić information content (AvgIpc) is 2.47. The molecule has 1 fully saturated rings. The number of ether oxygens (including phenoxy) is 2. The zero-order valence-electron chi connectivity index (χ0n) is 13.3. The molecule has 1 aromatic rings. The predicted molar refractivity (Wildman–Crippen MR) is 84.1 cm³/mol. The molecule has 2 heterocycles. The number of rotatable bonds is 3. The lowest BCUT2D eigenvalue weighted by Crippen LogP contribution is -2.54. The normalized spacial score (nSPS) is 29.0. The van der Waals surface area contributed by atoms with Crippen LogP contribution in [0.2, 0.25) is 0 Å². The number of methoxy groups -OCH3 is 1. The quantitative estimate of drug-likeness (QED) is 0.928. The van der Waals surface area contributed by atoms with Crippen molar-refractivity contribution in [1.29, 1.82) is 0 Å². The van der Waals surface area contributed by atoms with Gasteiger partial charge in [-0.25, -0.2) is 0 Å². The van der Waals surface area contributed by atoms with Crippen molar-refractivity contribution in [2.24, 2.45) is 0 Å². The number of benzene rings is 1. The lowest BCUT2D eigenvalue weighted by molar-refractivity contribution is -0.0269. The third-order valence-electron chi connectivity index (χ3n) is 4.68. The molecule has 1 spiro atoms. The fourth-order valence-electron chi connectivity index (χ4n) is 3.78. The van der Waals surface area contributed by atoms with Gasteiger partial charge in [0, 0.05) is 24.6 Å². The lowest BCUT2D eigenvalue weighted by Gasteiger charge is -2.47. The number of piperidine rings is 1. The molecule has 2 aliphatic heterocycles. The van der Waals surface area contributed by atoms with Crippen LogP contribution in [0.5, 0.6) is 11.5 Å². The van der Waals surface area contributed by atoms with E-state index in [0.29, 0.717) is 6.04 Å². The Kier molecular flexibility index (Phi) is 4.09. The highest BCUT2D eigenvalue weighted by molar-refractivity contribution is 5.44. The summed E-state index contributed by atoms with van der Waals surface area (Å²) in [5.41, 5.74) is 1.19. The number of nitrogens with zero attached hydrogens (tertiary/aromatic N) is 1. The summed E-state index contributed by atoms with van der Waals surface area (Å²) in [6, 6.07) is 6.52. The third kappa shape index (κ3) is 2.87. The van der Waals surface area contributed by atoms with E-state index in [9.17, 15) is 0 Å². The van der Waals surface area contributed by atoms with Crippen LogP contribution in [0.3, 0.4) is 0 Å². The molecule has 1 saturated heterocycles. The predicted octanol–water partition coefficient (Wildman–Crippen LogP) is 2.59. The van der Waals surface area contributed by atoms with Crippen molar-refractivity contribution in [3.8, 4) is 11.5 Å². The van der Waals surface area contributed by atoms with E-state index in [4.69, 9.17) is 9.47 Å². The van der Waals surface area contributed by atoms with Crippen LogP contribution in [0, 0.1) is 0 Å². The second kappa shape index (κ2) is 5.85. The Balaban J connectivity index is 1.93. The highest BCUT2D eigenvalue weighted by Gasteiger charge is 2.43. The van der Waals surface area contributed by atoms with Crippen LogP contribution in [0.25, 0.3) is 0 Å². The molecular formula is C17H26N2O2. The summed E-state index contributed by atoms with van der Waals surface area (Å²) in [5, 5.41) is 3.62. The summed E-state index contributed by atoms with van der Waals surface area (Å²) in [4.78, 5) is 2.39. The van der Waals surface area contributed by atoms with Gasteiger partial charge in [-0.05, 0) is 51.2 Å². The molecule has 0 aliphatic carbocycles. The largest absolute Gasteiger partial charge is 0.497 e. The molecule has 21 heavy (non-hydrogen) atoms. The van der Waals surface area contributed by atoms with Crippen molar-refractivity contribution in [2.45, 2.75) is 37.8 Å². The fraction of sp³-hybridized carbons (Fsp3) is 0.647. The molecule has 2 unspecified atom stereocenters. The average molecular weight is 290 g/mol. The first kappa shape index (κ1) is 14.7. The smallest absolute Gasteiger partial charge is 0.125 e. The summed E-state index contributed by atoms with van der Waals surface area (Å²) >= 11 is 0. The zero-order chi connectivity index (χ0) is 14.9. The SMILES string of the molecule is CCNC1CC2(CCCN(C)C2)Oc2ccc(OC)cc21. The Morgan fingerprint density at radius 1 is 1.48 bits per heavy atom. The van der Waals surface area contributed by atoms with Crippen LogP contribution in [0.1, 0.15) is 37.8 Å². The first-order chi connectivity index (χ1) is 10.2. The topological polar surface area (TPSA) is 33.7 Å². The molecule has 0 radical (unpaired) electrons. The molecule has 0 aromatic heterocycles. The Morgan fingerprint density at radius 2 is 2.33 bits per heavy atom. The van der Waals surface area contributed by atoms with Crippen LogP contribution in [0.4, 0.5) is 0 Å². The van der Waals surface area contributed by atoms with Crippen LogP contribution >= 0.6 is 0 Å². The van der Waals surface area contributed by atoms with Crippen molar-refractivity contribution < 1.29 is 9.47 Å². The maximum atomic E-state index is 6.47. The summed E-state index contributed by atoms with van der Waals surface area (Å²) in [5.74, 6) is 1.92. The molecule has 0 saturated carbocycles. The second-order valence-electron chi connectivity index (χ2n) is 6.34. The number of fused-ring (bicyclic) bond motifs is 1. The van der Waals surface area contributed by atoms with Gasteiger partial charge in [0.1, 0.15) is 17.1 Å². The molecular weight excluding hydrogens is 264 g/mol. The minimum atomic E-state index is -0.0403. The number of nitrogens with one attached hydrogen (secondary N) is 1. The van der Waals surface area contributed by atoms with E-state index >= 15 is 0 Å². The first-order valence-corrected chi connectivity index (χ1v) is 7.95. The van der Waals surface area contributed by atoms with E-state index in [1.807, 2.05) is 6.07 Å². The number of likely N-dealkylation sites (N-methyl/N-ethyl adjacent to an activating group) is 1. The summed E-state index contributed by atoms with van der Waals surface area (Å²) in [6.45, 7) is 5.31. The second-order valence-corrected chi connectivity index (χ2v) is 6.34. The molecule has 0 bridgehead atoms. The number of hydrogen-bond acceptors (Lipinski definition) is 4. The molecule has 4 heteroatoms. The minimum Gasteiger partial charge on any atom is -0.497 e. The highest BCUT2D eigenvalue weighted by atomic mass is 16.5. The molecule has 1 N–H and O–H groups in total. The van der Waals surface area contributed by atoms with E-state index in [0.717, 1.165) is 37.4 Å². The summed E-state index contributed by atoms with van der Waals surface area (Å²) in [7, 11) is 3.90. The molecule has 2 aliphatic rings. The van der Waals surface area contributed by atoms with Crippen LogP contribution < -0.4 is 14.8 Å². The third-order valence-corrected chi connectivity index (χ3v) is 4.68. The monoisotopic (exact) mass is 290 g/mol. The maximum Gasteiger partial charge on any atom is 0.125 e. The van der Waals surface area contributed by atoms with Crippen molar-refractivity contribution >= 4 is 0 Å². The van der Waals surface area contributed by atoms with Gasteiger partial charge in [-0.2, -0.15) is 0 Å². The Hall–Kier alpha value is -1.26. The van der Waals surface area contributed by atoms with Crippen LogP contribution in [0.15, 0.2) is 18.2 Å². The maximum absolute atomic E-state index is 6.47. The van der Waals surface area contributed by atoms with Crippen molar-refractivity contribution in [3.05, 3.63) is 23.8 Å².